The Morgan fingerprint density at radius 1 is 1.30 bits per heavy atom. The minimum atomic E-state index is 0. The zero-order valence-electron chi connectivity index (χ0n) is 14.8. The van der Waals surface area contributed by atoms with E-state index in [4.69, 9.17) is 4.74 Å². The lowest BCUT2D eigenvalue weighted by atomic mass is 10.1. The van der Waals surface area contributed by atoms with E-state index in [0.29, 0.717) is 5.92 Å². The number of methoxy groups -OCH3 is 1. The van der Waals surface area contributed by atoms with E-state index in [2.05, 4.69) is 47.3 Å². The lowest BCUT2D eigenvalue weighted by Crippen LogP contribution is -2.41. The third kappa shape index (κ3) is 6.30. The number of likely N-dealkylation sites (tertiary alicyclic amines) is 1. The lowest BCUT2D eigenvalue weighted by molar-refractivity contribution is 0.157. The molecule has 1 aliphatic heterocycles. The number of rotatable bonds is 5. The number of ether oxygens (including phenoxy) is 1. The number of aliphatic imine (C=N–C) groups is 1. The van der Waals surface area contributed by atoms with Gasteiger partial charge in [-0.15, -0.1) is 24.0 Å². The SMILES string of the molecule is CN=C(NCCc1cc(C)cc(C)c1)N1CCC(COC)C1.I. The molecule has 1 aromatic rings. The van der Waals surface area contributed by atoms with Gasteiger partial charge in [0.2, 0.25) is 0 Å². The summed E-state index contributed by atoms with van der Waals surface area (Å²) in [7, 11) is 3.64. The molecule has 0 amide bonds. The summed E-state index contributed by atoms with van der Waals surface area (Å²) < 4.78 is 5.26. The Kier molecular flexibility index (Phi) is 8.91. The van der Waals surface area contributed by atoms with Crippen LogP contribution >= 0.6 is 24.0 Å². The predicted molar refractivity (Wildman–Crippen MR) is 108 cm³/mol. The zero-order chi connectivity index (χ0) is 15.9. The molecule has 0 spiro atoms. The molecule has 0 aliphatic carbocycles. The van der Waals surface area contributed by atoms with E-state index in [1.807, 2.05) is 7.05 Å². The molecule has 0 bridgehead atoms. The van der Waals surface area contributed by atoms with Gasteiger partial charge in [-0.25, -0.2) is 0 Å². The van der Waals surface area contributed by atoms with Crippen molar-refractivity contribution in [2.24, 2.45) is 10.9 Å². The highest BCUT2D eigenvalue weighted by atomic mass is 127. The first-order valence-corrected chi connectivity index (χ1v) is 8.14. The average molecular weight is 431 g/mol. The van der Waals surface area contributed by atoms with Crippen LogP contribution < -0.4 is 5.32 Å². The van der Waals surface area contributed by atoms with Crippen LogP contribution in [0.3, 0.4) is 0 Å². The van der Waals surface area contributed by atoms with E-state index < -0.39 is 0 Å². The van der Waals surface area contributed by atoms with Crippen molar-refractivity contribution in [3.63, 3.8) is 0 Å². The molecule has 1 aliphatic rings. The maximum absolute atomic E-state index is 5.26. The molecule has 0 aromatic heterocycles. The Morgan fingerprint density at radius 2 is 2.00 bits per heavy atom. The lowest BCUT2D eigenvalue weighted by Gasteiger charge is -2.21. The molecule has 1 aromatic carbocycles. The van der Waals surface area contributed by atoms with Crippen molar-refractivity contribution in [3.05, 3.63) is 34.9 Å². The fraction of sp³-hybridized carbons (Fsp3) is 0.611. The van der Waals surface area contributed by atoms with Crippen LogP contribution in [-0.2, 0) is 11.2 Å². The van der Waals surface area contributed by atoms with Crippen LogP contribution in [0.5, 0.6) is 0 Å². The van der Waals surface area contributed by atoms with Crippen molar-refractivity contribution in [2.45, 2.75) is 26.7 Å². The topological polar surface area (TPSA) is 36.9 Å². The molecular weight excluding hydrogens is 401 g/mol. The predicted octanol–water partition coefficient (Wildman–Crippen LogP) is 3.01. The van der Waals surface area contributed by atoms with Gasteiger partial charge >= 0.3 is 0 Å². The summed E-state index contributed by atoms with van der Waals surface area (Å²) in [6.45, 7) is 8.18. The van der Waals surface area contributed by atoms with E-state index in [1.54, 1.807) is 7.11 Å². The number of guanidine groups is 1. The highest BCUT2D eigenvalue weighted by Gasteiger charge is 2.24. The Hall–Kier alpha value is -0.820. The van der Waals surface area contributed by atoms with Crippen molar-refractivity contribution in [1.29, 1.82) is 0 Å². The second-order valence-corrected chi connectivity index (χ2v) is 6.28. The number of halogens is 1. The molecule has 1 heterocycles. The van der Waals surface area contributed by atoms with Crippen molar-refractivity contribution in [3.8, 4) is 0 Å². The Labute approximate surface area is 157 Å². The average Bonchev–Trinajstić information content (AvgIpc) is 2.91. The molecule has 1 atom stereocenters. The van der Waals surface area contributed by atoms with Gasteiger partial charge in [-0.3, -0.25) is 4.99 Å². The summed E-state index contributed by atoms with van der Waals surface area (Å²) in [4.78, 5) is 6.76. The molecule has 2 rings (SSSR count). The molecule has 0 radical (unpaired) electrons. The first kappa shape index (κ1) is 20.2. The fourth-order valence-corrected chi connectivity index (χ4v) is 3.26. The minimum absolute atomic E-state index is 0. The van der Waals surface area contributed by atoms with Gasteiger partial charge in [0.15, 0.2) is 5.96 Å². The third-order valence-corrected chi connectivity index (χ3v) is 4.18. The van der Waals surface area contributed by atoms with Gasteiger partial charge in [0.05, 0.1) is 6.61 Å². The molecule has 4 nitrogen and oxygen atoms in total. The Balaban J connectivity index is 0.00000264. The quantitative estimate of drug-likeness (QED) is 0.443. The molecule has 0 saturated carbocycles. The molecular formula is C18H30IN3O. The van der Waals surface area contributed by atoms with Crippen LogP contribution in [0.25, 0.3) is 0 Å². The van der Waals surface area contributed by atoms with Crippen molar-refractivity contribution in [2.75, 3.05) is 40.4 Å². The van der Waals surface area contributed by atoms with Crippen molar-refractivity contribution < 1.29 is 4.74 Å². The van der Waals surface area contributed by atoms with Crippen LogP contribution in [0.4, 0.5) is 0 Å². The van der Waals surface area contributed by atoms with Gasteiger partial charge in [-0.2, -0.15) is 0 Å². The second-order valence-electron chi connectivity index (χ2n) is 6.28. The van der Waals surface area contributed by atoms with Crippen molar-refractivity contribution >= 4 is 29.9 Å². The molecule has 1 fully saturated rings. The minimum Gasteiger partial charge on any atom is -0.384 e. The smallest absolute Gasteiger partial charge is 0.193 e. The number of aryl methyl sites for hydroxylation is 2. The maximum Gasteiger partial charge on any atom is 0.193 e. The van der Waals surface area contributed by atoms with Crippen molar-refractivity contribution in [1.82, 2.24) is 10.2 Å². The molecule has 130 valence electrons. The zero-order valence-corrected chi connectivity index (χ0v) is 17.1. The van der Waals surface area contributed by atoms with Gasteiger partial charge in [0.1, 0.15) is 0 Å². The molecule has 1 N–H and O–H groups in total. The van der Waals surface area contributed by atoms with Gasteiger partial charge in [0, 0.05) is 39.7 Å². The molecule has 23 heavy (non-hydrogen) atoms. The van der Waals surface area contributed by atoms with Crippen LogP contribution in [0.15, 0.2) is 23.2 Å². The second kappa shape index (κ2) is 10.1. The summed E-state index contributed by atoms with van der Waals surface area (Å²) in [5, 5.41) is 3.50. The number of hydrogen-bond donors (Lipinski definition) is 1. The normalized spacial score (nSPS) is 18.0. The molecule has 1 unspecified atom stereocenters. The number of benzene rings is 1. The van der Waals surface area contributed by atoms with Gasteiger partial charge in [0.25, 0.3) is 0 Å². The van der Waals surface area contributed by atoms with Gasteiger partial charge in [-0.1, -0.05) is 29.3 Å². The number of nitrogens with one attached hydrogen (secondary N) is 1. The van der Waals surface area contributed by atoms with E-state index in [0.717, 1.165) is 38.6 Å². The summed E-state index contributed by atoms with van der Waals surface area (Å²) in [6.07, 6.45) is 2.21. The standard InChI is InChI=1S/C18H29N3O.HI/c1-14-9-15(2)11-16(10-14)5-7-20-18(19-3)21-8-6-17(12-21)13-22-4;/h9-11,17H,5-8,12-13H2,1-4H3,(H,19,20);1H. The Morgan fingerprint density at radius 3 is 2.61 bits per heavy atom. The number of nitrogens with zero attached hydrogens (tertiary/aromatic N) is 2. The summed E-state index contributed by atoms with van der Waals surface area (Å²) in [5.74, 6) is 1.64. The van der Waals surface area contributed by atoms with Gasteiger partial charge < -0.3 is 15.0 Å². The maximum atomic E-state index is 5.26. The third-order valence-electron chi connectivity index (χ3n) is 4.18. The number of hydrogen-bond acceptors (Lipinski definition) is 2. The summed E-state index contributed by atoms with van der Waals surface area (Å²) in [6, 6.07) is 6.75. The highest BCUT2D eigenvalue weighted by molar-refractivity contribution is 14.0. The first-order valence-electron chi connectivity index (χ1n) is 8.14. The van der Waals surface area contributed by atoms with Crippen LogP contribution in [-0.4, -0.2) is 51.3 Å². The van der Waals surface area contributed by atoms with Gasteiger partial charge in [-0.05, 0) is 32.3 Å². The summed E-state index contributed by atoms with van der Waals surface area (Å²) in [5.41, 5.74) is 4.06. The monoisotopic (exact) mass is 431 g/mol. The van der Waals surface area contributed by atoms with E-state index in [1.165, 1.54) is 23.1 Å². The van der Waals surface area contributed by atoms with E-state index >= 15 is 0 Å². The molecule has 5 heteroatoms. The van der Waals surface area contributed by atoms with Crippen LogP contribution in [0.1, 0.15) is 23.1 Å². The largest absolute Gasteiger partial charge is 0.384 e. The molecule has 1 saturated heterocycles. The van der Waals surface area contributed by atoms with E-state index in [9.17, 15) is 0 Å². The van der Waals surface area contributed by atoms with E-state index in [-0.39, 0.29) is 24.0 Å². The Bertz CT molecular complexity index is 499. The summed E-state index contributed by atoms with van der Waals surface area (Å²) >= 11 is 0. The van der Waals surface area contributed by atoms with Crippen LogP contribution in [0.2, 0.25) is 0 Å². The van der Waals surface area contributed by atoms with Crippen LogP contribution in [0, 0.1) is 19.8 Å². The fourth-order valence-electron chi connectivity index (χ4n) is 3.26. The highest BCUT2D eigenvalue weighted by Crippen LogP contribution is 2.16. The first-order chi connectivity index (χ1) is 10.6.